The number of rotatable bonds is 6. The Morgan fingerprint density at radius 2 is 2.29 bits per heavy atom. The maximum atomic E-state index is 6.23. The lowest BCUT2D eigenvalue weighted by molar-refractivity contribution is -0.0565. The first-order chi connectivity index (χ1) is 10.1. The molecular formula is C16H25ClN2O2. The van der Waals surface area contributed by atoms with E-state index in [0.717, 1.165) is 36.0 Å². The van der Waals surface area contributed by atoms with Crippen LogP contribution in [0, 0.1) is 0 Å². The number of hydrogen-bond acceptors (Lipinski definition) is 4. The Labute approximate surface area is 132 Å². The van der Waals surface area contributed by atoms with Crippen LogP contribution in [0.25, 0.3) is 0 Å². The number of benzene rings is 1. The summed E-state index contributed by atoms with van der Waals surface area (Å²) in [4.78, 5) is 2.42. The normalized spacial score (nSPS) is 20.0. The minimum Gasteiger partial charge on any atom is -0.490 e. The van der Waals surface area contributed by atoms with Gasteiger partial charge < -0.3 is 14.8 Å². The lowest BCUT2D eigenvalue weighted by atomic mass is 10.2. The van der Waals surface area contributed by atoms with Crippen molar-refractivity contribution in [1.29, 1.82) is 0 Å². The molecular weight excluding hydrogens is 288 g/mol. The number of nitrogens with zero attached hydrogens (tertiary/aromatic N) is 1. The zero-order valence-electron chi connectivity index (χ0n) is 13.1. The molecule has 21 heavy (non-hydrogen) atoms. The monoisotopic (exact) mass is 312 g/mol. The van der Waals surface area contributed by atoms with Gasteiger partial charge in [-0.3, -0.25) is 4.90 Å². The summed E-state index contributed by atoms with van der Waals surface area (Å²) < 4.78 is 11.8. The predicted octanol–water partition coefficient (Wildman–Crippen LogP) is 2.55. The van der Waals surface area contributed by atoms with Crippen molar-refractivity contribution in [2.24, 2.45) is 0 Å². The van der Waals surface area contributed by atoms with Crippen molar-refractivity contribution < 1.29 is 9.47 Å². The first-order valence-corrected chi connectivity index (χ1v) is 7.90. The maximum Gasteiger partial charge on any atom is 0.125 e. The van der Waals surface area contributed by atoms with Gasteiger partial charge in [-0.2, -0.15) is 0 Å². The molecule has 0 radical (unpaired) electrons. The molecule has 0 spiro atoms. The van der Waals surface area contributed by atoms with Gasteiger partial charge in [0.15, 0.2) is 0 Å². The fraction of sp³-hybridized carbons (Fsp3) is 0.625. The molecule has 1 aliphatic rings. The van der Waals surface area contributed by atoms with E-state index in [9.17, 15) is 0 Å². The van der Waals surface area contributed by atoms with Crippen LogP contribution in [-0.2, 0) is 11.3 Å². The van der Waals surface area contributed by atoms with Crippen LogP contribution in [0.3, 0.4) is 0 Å². The van der Waals surface area contributed by atoms with E-state index >= 15 is 0 Å². The van der Waals surface area contributed by atoms with Crippen LogP contribution in [0.1, 0.15) is 19.4 Å². The summed E-state index contributed by atoms with van der Waals surface area (Å²) in [6.07, 6.45) is 0.113. The van der Waals surface area contributed by atoms with Gasteiger partial charge in [0.1, 0.15) is 18.5 Å². The summed E-state index contributed by atoms with van der Waals surface area (Å²) in [7, 11) is 1.90. The van der Waals surface area contributed by atoms with E-state index < -0.39 is 0 Å². The van der Waals surface area contributed by atoms with Crippen molar-refractivity contribution in [3.63, 3.8) is 0 Å². The fourth-order valence-electron chi connectivity index (χ4n) is 2.52. The van der Waals surface area contributed by atoms with Crippen LogP contribution in [0.2, 0.25) is 5.02 Å². The Balaban J connectivity index is 1.95. The topological polar surface area (TPSA) is 33.7 Å². The van der Waals surface area contributed by atoms with E-state index in [2.05, 4.69) is 24.1 Å². The van der Waals surface area contributed by atoms with Gasteiger partial charge in [-0.15, -0.1) is 0 Å². The van der Waals surface area contributed by atoms with Gasteiger partial charge in [0.05, 0.1) is 6.61 Å². The van der Waals surface area contributed by atoms with Crippen molar-refractivity contribution in [3.05, 3.63) is 28.8 Å². The molecule has 118 valence electrons. The lowest BCUT2D eigenvalue weighted by Crippen LogP contribution is -2.47. The van der Waals surface area contributed by atoms with Crippen molar-refractivity contribution >= 4 is 11.6 Å². The average molecular weight is 313 g/mol. The average Bonchev–Trinajstić information content (AvgIpc) is 2.48. The molecule has 0 amide bonds. The zero-order valence-corrected chi connectivity index (χ0v) is 13.8. The molecule has 0 aliphatic carbocycles. The molecule has 4 nitrogen and oxygen atoms in total. The number of nitrogens with one attached hydrogen (secondary N) is 1. The Bertz CT molecular complexity index is 454. The van der Waals surface area contributed by atoms with Gasteiger partial charge in [0.25, 0.3) is 0 Å². The Morgan fingerprint density at radius 3 is 3.00 bits per heavy atom. The molecule has 0 bridgehead atoms. The van der Waals surface area contributed by atoms with E-state index in [-0.39, 0.29) is 6.10 Å². The largest absolute Gasteiger partial charge is 0.490 e. The molecule has 2 rings (SSSR count). The van der Waals surface area contributed by atoms with Gasteiger partial charge >= 0.3 is 0 Å². The highest BCUT2D eigenvalue weighted by Gasteiger charge is 2.23. The van der Waals surface area contributed by atoms with Crippen molar-refractivity contribution in [3.8, 4) is 5.75 Å². The Hall–Kier alpha value is -0.810. The van der Waals surface area contributed by atoms with Crippen LogP contribution in [0.4, 0.5) is 0 Å². The molecule has 1 unspecified atom stereocenters. The highest BCUT2D eigenvalue weighted by Crippen LogP contribution is 2.26. The molecule has 5 heteroatoms. The second-order valence-corrected chi connectivity index (χ2v) is 6.05. The highest BCUT2D eigenvalue weighted by molar-refractivity contribution is 6.31. The summed E-state index contributed by atoms with van der Waals surface area (Å²) in [5, 5.41) is 3.85. The summed E-state index contributed by atoms with van der Waals surface area (Å²) in [6, 6.07) is 6.31. The van der Waals surface area contributed by atoms with E-state index in [1.54, 1.807) is 0 Å². The van der Waals surface area contributed by atoms with Crippen LogP contribution in [0.15, 0.2) is 18.2 Å². The maximum absolute atomic E-state index is 6.23. The molecule has 1 aliphatic heterocycles. The molecule has 1 aromatic rings. The Kier molecular flexibility index (Phi) is 6.30. The number of ether oxygens (including phenoxy) is 2. The summed E-state index contributed by atoms with van der Waals surface area (Å²) >= 11 is 6.23. The first kappa shape index (κ1) is 16.6. The van der Waals surface area contributed by atoms with Crippen molar-refractivity contribution in [2.75, 3.05) is 33.4 Å². The third-order valence-corrected chi connectivity index (χ3v) is 4.11. The first-order valence-electron chi connectivity index (χ1n) is 7.52. The molecule has 1 saturated heterocycles. The lowest BCUT2D eigenvalue weighted by Gasteiger charge is -2.35. The minimum absolute atomic E-state index is 0.113. The quantitative estimate of drug-likeness (QED) is 0.875. The second-order valence-electron chi connectivity index (χ2n) is 5.64. The van der Waals surface area contributed by atoms with Crippen LogP contribution in [0.5, 0.6) is 5.75 Å². The van der Waals surface area contributed by atoms with Crippen molar-refractivity contribution in [2.45, 2.75) is 32.5 Å². The highest BCUT2D eigenvalue weighted by atomic mass is 35.5. The number of morpholine rings is 1. The molecule has 1 aromatic carbocycles. The predicted molar refractivity (Wildman–Crippen MR) is 86.2 cm³/mol. The summed E-state index contributed by atoms with van der Waals surface area (Å²) in [5.41, 5.74) is 0.998. The third kappa shape index (κ3) is 4.58. The van der Waals surface area contributed by atoms with E-state index in [1.165, 1.54) is 0 Å². The fourth-order valence-corrected chi connectivity index (χ4v) is 2.75. The standard InChI is InChI=1S/C16H25ClN2O2/c1-12(2)19-7-8-20-13(10-19)11-21-16-6-4-5-15(17)14(16)9-18-3/h4-6,12-13,18H,7-11H2,1-3H3. The summed E-state index contributed by atoms with van der Waals surface area (Å²) in [5.74, 6) is 0.835. The van der Waals surface area contributed by atoms with Gasteiger partial charge in [-0.1, -0.05) is 17.7 Å². The third-order valence-electron chi connectivity index (χ3n) is 3.75. The Morgan fingerprint density at radius 1 is 1.48 bits per heavy atom. The molecule has 1 N–H and O–H groups in total. The molecule has 1 atom stereocenters. The number of halogens is 1. The minimum atomic E-state index is 0.113. The zero-order chi connectivity index (χ0) is 15.2. The van der Waals surface area contributed by atoms with Gasteiger partial charge in [0, 0.05) is 36.3 Å². The van der Waals surface area contributed by atoms with Gasteiger partial charge in [-0.05, 0) is 33.0 Å². The van der Waals surface area contributed by atoms with Gasteiger partial charge in [0.2, 0.25) is 0 Å². The van der Waals surface area contributed by atoms with E-state index in [1.807, 2.05) is 25.2 Å². The smallest absolute Gasteiger partial charge is 0.125 e. The van der Waals surface area contributed by atoms with Crippen molar-refractivity contribution in [1.82, 2.24) is 10.2 Å². The van der Waals surface area contributed by atoms with E-state index in [0.29, 0.717) is 19.2 Å². The second kappa shape index (κ2) is 7.99. The van der Waals surface area contributed by atoms with Crippen LogP contribution >= 0.6 is 11.6 Å². The number of hydrogen-bond donors (Lipinski definition) is 1. The van der Waals surface area contributed by atoms with E-state index in [4.69, 9.17) is 21.1 Å². The van der Waals surface area contributed by atoms with Gasteiger partial charge in [-0.25, -0.2) is 0 Å². The molecule has 1 heterocycles. The molecule has 0 saturated carbocycles. The summed E-state index contributed by atoms with van der Waals surface area (Å²) in [6.45, 7) is 8.36. The SMILES string of the molecule is CNCc1c(Cl)cccc1OCC1CN(C(C)C)CCO1. The van der Waals surface area contributed by atoms with Crippen LogP contribution in [-0.4, -0.2) is 50.4 Å². The molecule has 0 aromatic heterocycles. The van der Waals surface area contributed by atoms with Crippen LogP contribution < -0.4 is 10.1 Å². The molecule has 1 fully saturated rings.